The molecule has 0 heterocycles. The normalized spacial score (nSPS) is 12.8. The smallest absolute Gasteiger partial charge is 0.460 e. The summed E-state index contributed by atoms with van der Waals surface area (Å²) >= 11 is 0. The molecule has 0 radical (unpaired) electrons. The van der Waals surface area contributed by atoms with Crippen LogP contribution in [-0.2, 0) is 16.1 Å². The van der Waals surface area contributed by atoms with E-state index in [4.69, 9.17) is 27.3 Å². The first kappa shape index (κ1) is 26.8. The van der Waals surface area contributed by atoms with Gasteiger partial charge < -0.3 is 21.9 Å². The number of hydrogen-bond acceptors (Lipinski definition) is 5. The van der Waals surface area contributed by atoms with Crippen LogP contribution < -0.4 is 17.2 Å². The number of rotatable bonds is 10. The number of alkyl halides is 6. The van der Waals surface area contributed by atoms with E-state index >= 15 is 0 Å². The third-order valence-corrected chi connectivity index (χ3v) is 3.97. The molecule has 0 aromatic heterocycles. The van der Waals surface area contributed by atoms with Gasteiger partial charge in [-0.3, -0.25) is 10.2 Å². The van der Waals surface area contributed by atoms with Gasteiger partial charge in [-0.05, 0) is 24.8 Å². The van der Waals surface area contributed by atoms with Crippen molar-refractivity contribution in [2.45, 2.75) is 44.5 Å². The fourth-order valence-corrected chi connectivity index (χ4v) is 2.64. The third kappa shape index (κ3) is 8.87. The molecule has 0 aliphatic heterocycles. The zero-order valence-corrected chi connectivity index (χ0v) is 16.7. The summed E-state index contributed by atoms with van der Waals surface area (Å²) in [6.45, 7) is -0.681. The minimum absolute atomic E-state index is 0.0810. The second kappa shape index (κ2) is 11.4. The number of nitrogens with zero attached hydrogens (tertiary/aromatic N) is 3. The van der Waals surface area contributed by atoms with E-state index in [1.807, 2.05) is 0 Å². The van der Waals surface area contributed by atoms with Gasteiger partial charge in [0.15, 0.2) is 0 Å². The van der Waals surface area contributed by atoms with Gasteiger partial charge in [0, 0.05) is 6.54 Å². The SMILES string of the molecule is N=C(N)N(CCCC[C@H](C(=O)OCc1ccccc1)N(C(F)(F)F)C(F)(F)F)N=C(N)N. The maximum absolute atomic E-state index is 13.2. The number of nitrogens with two attached hydrogens (primary N) is 3. The third-order valence-electron chi connectivity index (χ3n) is 3.97. The lowest BCUT2D eigenvalue weighted by Gasteiger charge is -2.32. The molecule has 1 atom stereocenters. The summed E-state index contributed by atoms with van der Waals surface area (Å²) in [5, 5.41) is 11.6. The van der Waals surface area contributed by atoms with Crippen LogP contribution in [0.4, 0.5) is 26.3 Å². The van der Waals surface area contributed by atoms with Gasteiger partial charge >= 0.3 is 18.6 Å². The Labute approximate surface area is 179 Å². The second-order valence-corrected chi connectivity index (χ2v) is 6.44. The number of ether oxygens (including phenoxy) is 1. The van der Waals surface area contributed by atoms with Crippen LogP contribution in [0, 0.1) is 5.41 Å². The molecule has 15 heteroatoms. The second-order valence-electron chi connectivity index (χ2n) is 6.44. The maximum Gasteiger partial charge on any atom is 0.467 e. The number of halogens is 6. The number of hydrogen-bond donors (Lipinski definition) is 4. The van der Waals surface area contributed by atoms with Gasteiger partial charge in [0.25, 0.3) is 0 Å². The number of carbonyl (C=O) groups is 1. The highest BCUT2D eigenvalue weighted by atomic mass is 19.4. The first-order chi connectivity index (χ1) is 14.7. The molecule has 0 saturated carbocycles. The molecule has 0 fully saturated rings. The van der Waals surface area contributed by atoms with Gasteiger partial charge in [-0.2, -0.15) is 26.3 Å². The molecule has 0 spiro atoms. The molecule has 7 N–H and O–H groups in total. The van der Waals surface area contributed by atoms with Crippen molar-refractivity contribution in [2.75, 3.05) is 6.54 Å². The molecule has 9 nitrogen and oxygen atoms in total. The molecule has 180 valence electrons. The summed E-state index contributed by atoms with van der Waals surface area (Å²) < 4.78 is 83.8. The lowest BCUT2D eigenvalue weighted by molar-refractivity contribution is -0.383. The van der Waals surface area contributed by atoms with Crippen molar-refractivity contribution < 1.29 is 35.9 Å². The predicted molar refractivity (Wildman–Crippen MR) is 102 cm³/mol. The van der Waals surface area contributed by atoms with Crippen LogP contribution in [0.15, 0.2) is 35.4 Å². The molecule has 0 bridgehead atoms. The first-order valence-corrected chi connectivity index (χ1v) is 9.08. The maximum atomic E-state index is 13.2. The predicted octanol–water partition coefficient (Wildman–Crippen LogP) is 1.99. The number of nitrogens with one attached hydrogen (secondary N) is 1. The molecule has 1 rings (SSSR count). The molecule has 0 saturated heterocycles. The van der Waals surface area contributed by atoms with E-state index < -0.39 is 54.5 Å². The van der Waals surface area contributed by atoms with E-state index in [0.29, 0.717) is 5.56 Å². The number of guanidine groups is 2. The zero-order chi connectivity index (χ0) is 24.5. The monoisotopic (exact) mass is 471 g/mol. The summed E-state index contributed by atoms with van der Waals surface area (Å²) in [6, 6.07) is 5.08. The van der Waals surface area contributed by atoms with Crippen LogP contribution >= 0.6 is 0 Å². The Balaban J connectivity index is 2.95. The summed E-state index contributed by atoms with van der Waals surface area (Å²) in [4.78, 5) is 10.5. The molecule has 1 aromatic rings. The summed E-state index contributed by atoms with van der Waals surface area (Å²) in [7, 11) is 0. The van der Waals surface area contributed by atoms with Crippen molar-refractivity contribution in [1.29, 1.82) is 5.41 Å². The lowest BCUT2D eigenvalue weighted by atomic mass is 10.1. The fourth-order valence-electron chi connectivity index (χ4n) is 2.64. The fraction of sp³-hybridized carbons (Fsp3) is 0.471. The lowest BCUT2D eigenvalue weighted by Crippen LogP contribution is -2.57. The zero-order valence-electron chi connectivity index (χ0n) is 16.7. The minimum atomic E-state index is -5.88. The number of unbranched alkanes of at least 4 members (excludes halogenated alkanes) is 1. The van der Waals surface area contributed by atoms with Crippen LogP contribution in [0.2, 0.25) is 0 Å². The Morgan fingerprint density at radius 2 is 1.59 bits per heavy atom. The van der Waals surface area contributed by atoms with Crippen molar-refractivity contribution in [3.8, 4) is 0 Å². The molecule has 1 aromatic carbocycles. The van der Waals surface area contributed by atoms with Gasteiger partial charge in [0.05, 0.1) is 0 Å². The Morgan fingerprint density at radius 1 is 1.03 bits per heavy atom. The van der Waals surface area contributed by atoms with Crippen molar-refractivity contribution in [1.82, 2.24) is 9.91 Å². The van der Waals surface area contributed by atoms with E-state index in [9.17, 15) is 31.1 Å². The van der Waals surface area contributed by atoms with Crippen molar-refractivity contribution in [3.63, 3.8) is 0 Å². The first-order valence-electron chi connectivity index (χ1n) is 9.08. The van der Waals surface area contributed by atoms with Gasteiger partial charge in [-0.15, -0.1) is 10.0 Å². The van der Waals surface area contributed by atoms with E-state index in [-0.39, 0.29) is 19.4 Å². The number of benzene rings is 1. The van der Waals surface area contributed by atoms with Crippen LogP contribution in [0.5, 0.6) is 0 Å². The summed E-state index contributed by atoms with van der Waals surface area (Å²) in [6.07, 6.45) is -13.0. The molecule has 32 heavy (non-hydrogen) atoms. The highest BCUT2D eigenvalue weighted by Gasteiger charge is 2.59. The summed E-state index contributed by atoms with van der Waals surface area (Å²) in [5.41, 5.74) is 15.9. The highest BCUT2D eigenvalue weighted by molar-refractivity contribution is 5.80. The number of carbonyl (C=O) groups excluding carboxylic acids is 1. The van der Waals surface area contributed by atoms with Crippen LogP contribution in [0.1, 0.15) is 24.8 Å². The van der Waals surface area contributed by atoms with Gasteiger partial charge in [-0.25, -0.2) is 5.01 Å². The van der Waals surface area contributed by atoms with Crippen molar-refractivity contribution in [2.24, 2.45) is 22.3 Å². The van der Waals surface area contributed by atoms with E-state index in [0.717, 1.165) is 5.01 Å². The molecule has 0 aliphatic carbocycles. The van der Waals surface area contributed by atoms with E-state index in [1.165, 1.54) is 12.1 Å². The largest absolute Gasteiger partial charge is 0.467 e. The molecule has 0 unspecified atom stereocenters. The minimum Gasteiger partial charge on any atom is -0.460 e. The standard InChI is InChI=1S/C17H23F6N7O2/c18-16(19,20)30(17(21,22)23)12(13(31)32-10-11-6-2-1-3-7-11)8-4-5-9-29(15(26)27)28-14(24)25/h1-3,6-7,12H,4-5,8-10H2,(H3,26,27)(H4,24,25,28)/t12-/m1/s1. The van der Waals surface area contributed by atoms with Crippen LogP contribution in [0.25, 0.3) is 0 Å². The molecular formula is C17H23F6N7O2. The quantitative estimate of drug-likeness (QED) is 0.0776. The highest BCUT2D eigenvalue weighted by Crippen LogP contribution is 2.37. The molecular weight excluding hydrogens is 448 g/mol. The van der Waals surface area contributed by atoms with Gasteiger partial charge in [0.1, 0.15) is 12.6 Å². The molecule has 0 aliphatic rings. The Hall–Kier alpha value is -3.23. The van der Waals surface area contributed by atoms with E-state index in [1.54, 1.807) is 18.2 Å². The van der Waals surface area contributed by atoms with Crippen molar-refractivity contribution in [3.05, 3.63) is 35.9 Å². The van der Waals surface area contributed by atoms with Crippen molar-refractivity contribution >= 4 is 17.9 Å². The average Bonchev–Trinajstić information content (AvgIpc) is 2.65. The molecule has 0 amide bonds. The van der Waals surface area contributed by atoms with Gasteiger partial charge in [0.2, 0.25) is 11.9 Å². The van der Waals surface area contributed by atoms with Crippen LogP contribution in [0.3, 0.4) is 0 Å². The number of hydrazone groups is 1. The van der Waals surface area contributed by atoms with E-state index in [2.05, 4.69) is 5.10 Å². The number of esters is 1. The Morgan fingerprint density at radius 3 is 2.06 bits per heavy atom. The van der Waals surface area contributed by atoms with Gasteiger partial charge in [-0.1, -0.05) is 30.3 Å². The summed E-state index contributed by atoms with van der Waals surface area (Å²) in [5.74, 6) is -2.73. The topological polar surface area (TPSA) is 147 Å². The Bertz CT molecular complexity index is 768. The average molecular weight is 471 g/mol. The van der Waals surface area contributed by atoms with Crippen LogP contribution in [-0.4, -0.2) is 53.0 Å². The Kier molecular flexibility index (Phi) is 9.55.